The zero-order valence-electron chi connectivity index (χ0n) is 22.4. The van der Waals surface area contributed by atoms with Crippen LogP contribution in [0, 0.1) is 0 Å². The summed E-state index contributed by atoms with van der Waals surface area (Å²) >= 11 is 0. The Morgan fingerprint density at radius 3 is 1.69 bits per heavy atom. The number of rotatable bonds is 9. The van der Waals surface area contributed by atoms with Crippen LogP contribution in [0.25, 0.3) is 0 Å². The molecule has 8 nitrogen and oxygen atoms in total. The third-order valence-electron chi connectivity index (χ3n) is 6.68. The number of benzene rings is 2. The van der Waals surface area contributed by atoms with Gasteiger partial charge < -0.3 is 32.9 Å². The van der Waals surface area contributed by atoms with E-state index in [1.54, 1.807) is 35.5 Å². The quantitative estimate of drug-likeness (QED) is 0.390. The molecule has 0 aromatic heterocycles. The van der Waals surface area contributed by atoms with E-state index >= 15 is 0 Å². The van der Waals surface area contributed by atoms with Gasteiger partial charge in [0.1, 0.15) is 0 Å². The van der Waals surface area contributed by atoms with Crippen LogP contribution in [-0.4, -0.2) is 49.6 Å². The first-order valence-corrected chi connectivity index (χ1v) is 14.4. The predicted molar refractivity (Wildman–Crippen MR) is 138 cm³/mol. The molecule has 1 aliphatic heterocycles. The van der Waals surface area contributed by atoms with Crippen molar-refractivity contribution in [3.8, 4) is 34.5 Å². The molecule has 0 saturated heterocycles. The van der Waals surface area contributed by atoms with Crippen molar-refractivity contribution >= 4 is 14.0 Å². The minimum Gasteiger partial charge on any atom is -0.539 e. The maximum absolute atomic E-state index is 6.57. The molecule has 1 aliphatic rings. The van der Waals surface area contributed by atoms with Gasteiger partial charge >= 0.3 is 0 Å². The first kappa shape index (κ1) is 26.5. The van der Waals surface area contributed by atoms with Crippen molar-refractivity contribution < 1.29 is 32.9 Å². The van der Waals surface area contributed by atoms with Crippen LogP contribution in [0.5, 0.6) is 34.5 Å². The summed E-state index contributed by atoms with van der Waals surface area (Å²) in [5.74, 6) is 3.48. The van der Waals surface area contributed by atoms with E-state index in [2.05, 4.69) is 39.0 Å². The SMILES string of the molecule is COc1cc(C2=NOC(c3cc(OC)c(O[Si](C)(C)C(C)(C)C)c(OC)c3)C2)cc(OC)c1OC. The molecule has 0 amide bonds. The van der Waals surface area contributed by atoms with Crippen molar-refractivity contribution in [2.24, 2.45) is 5.16 Å². The summed E-state index contributed by atoms with van der Waals surface area (Å²) in [6.07, 6.45) is 0.238. The molecule has 1 unspecified atom stereocenters. The van der Waals surface area contributed by atoms with Crippen LogP contribution in [-0.2, 0) is 4.84 Å². The Bertz CT molecular complexity index is 1040. The molecular formula is C26H37NO7Si. The maximum Gasteiger partial charge on any atom is 0.250 e. The van der Waals surface area contributed by atoms with Gasteiger partial charge in [0.05, 0.1) is 41.3 Å². The van der Waals surface area contributed by atoms with Crippen LogP contribution in [0.4, 0.5) is 0 Å². The standard InChI is InChI=1S/C26H37NO7Si/c1-26(2,3)35(9,10)34-25-22(30-6)13-17(14-23(25)31-7)19-15-18(27-33-19)16-11-20(28-4)24(32-8)21(12-16)29-5/h11-14,19H,15H2,1-10H3. The van der Waals surface area contributed by atoms with E-state index in [1.807, 2.05) is 24.3 Å². The Kier molecular flexibility index (Phi) is 7.79. The van der Waals surface area contributed by atoms with Gasteiger partial charge in [0.25, 0.3) is 8.32 Å². The largest absolute Gasteiger partial charge is 0.539 e. The van der Waals surface area contributed by atoms with Gasteiger partial charge in [-0.05, 0) is 42.4 Å². The van der Waals surface area contributed by atoms with Crippen LogP contribution >= 0.6 is 0 Å². The first-order valence-electron chi connectivity index (χ1n) is 11.5. The normalized spacial score (nSPS) is 15.7. The first-order chi connectivity index (χ1) is 16.5. The maximum atomic E-state index is 6.57. The Morgan fingerprint density at radius 2 is 1.26 bits per heavy atom. The molecule has 1 heterocycles. The van der Waals surface area contributed by atoms with Gasteiger partial charge in [-0.25, -0.2) is 0 Å². The lowest BCUT2D eigenvalue weighted by atomic mass is 9.99. The van der Waals surface area contributed by atoms with Crippen molar-refractivity contribution in [1.82, 2.24) is 0 Å². The summed E-state index contributed by atoms with van der Waals surface area (Å²) in [6, 6.07) is 7.60. The monoisotopic (exact) mass is 503 g/mol. The summed E-state index contributed by atoms with van der Waals surface area (Å²) in [7, 11) is 5.89. The molecular weight excluding hydrogens is 466 g/mol. The highest BCUT2D eigenvalue weighted by Crippen LogP contribution is 2.47. The van der Waals surface area contributed by atoms with Crippen LogP contribution in [0.1, 0.15) is 44.4 Å². The minimum atomic E-state index is -2.12. The third-order valence-corrected chi connectivity index (χ3v) is 11.0. The number of oxime groups is 1. The third kappa shape index (κ3) is 5.29. The summed E-state index contributed by atoms with van der Waals surface area (Å²) in [5, 5.41) is 4.38. The molecule has 0 fully saturated rings. The Hall–Kier alpha value is -3.07. The number of hydrogen-bond acceptors (Lipinski definition) is 8. The fraction of sp³-hybridized carbons (Fsp3) is 0.500. The summed E-state index contributed by atoms with van der Waals surface area (Å²) in [6.45, 7) is 11.0. The molecule has 35 heavy (non-hydrogen) atoms. The molecule has 0 radical (unpaired) electrons. The lowest BCUT2D eigenvalue weighted by Crippen LogP contribution is -2.44. The average molecular weight is 504 g/mol. The number of nitrogens with zero attached hydrogens (tertiary/aromatic N) is 1. The fourth-order valence-electron chi connectivity index (χ4n) is 3.57. The van der Waals surface area contributed by atoms with Crippen LogP contribution < -0.4 is 28.1 Å². The van der Waals surface area contributed by atoms with E-state index in [9.17, 15) is 0 Å². The second-order valence-electron chi connectivity index (χ2n) is 9.87. The molecule has 192 valence electrons. The lowest BCUT2D eigenvalue weighted by molar-refractivity contribution is 0.0853. The smallest absolute Gasteiger partial charge is 0.250 e. The fourth-order valence-corrected chi connectivity index (χ4v) is 4.59. The summed E-state index contributed by atoms with van der Waals surface area (Å²) < 4.78 is 34.4. The molecule has 0 bridgehead atoms. The molecule has 3 rings (SSSR count). The van der Waals surface area contributed by atoms with Gasteiger partial charge in [-0.15, -0.1) is 0 Å². The highest BCUT2D eigenvalue weighted by atomic mass is 28.4. The van der Waals surface area contributed by atoms with Crippen LogP contribution in [0.3, 0.4) is 0 Å². The minimum absolute atomic E-state index is 0.0273. The van der Waals surface area contributed by atoms with Gasteiger partial charge in [0, 0.05) is 17.5 Å². The molecule has 9 heteroatoms. The Labute approximate surface area is 209 Å². The van der Waals surface area contributed by atoms with E-state index in [0.29, 0.717) is 40.9 Å². The molecule has 0 N–H and O–H groups in total. The molecule has 0 aliphatic carbocycles. The predicted octanol–water partition coefficient (Wildman–Crippen LogP) is 5.98. The molecule has 0 spiro atoms. The van der Waals surface area contributed by atoms with Gasteiger partial charge in [0.15, 0.2) is 34.9 Å². The molecule has 1 atom stereocenters. The van der Waals surface area contributed by atoms with Crippen molar-refractivity contribution in [2.75, 3.05) is 35.5 Å². The van der Waals surface area contributed by atoms with Crippen molar-refractivity contribution in [3.05, 3.63) is 35.4 Å². The van der Waals surface area contributed by atoms with Gasteiger partial charge in [-0.1, -0.05) is 25.9 Å². The highest BCUT2D eigenvalue weighted by molar-refractivity contribution is 6.74. The molecule has 2 aromatic rings. The Balaban J connectivity index is 1.92. The Morgan fingerprint density at radius 1 is 0.771 bits per heavy atom. The van der Waals surface area contributed by atoms with Gasteiger partial charge in [-0.2, -0.15) is 0 Å². The van der Waals surface area contributed by atoms with E-state index in [-0.39, 0.29) is 11.1 Å². The topological polar surface area (TPSA) is 77.0 Å². The molecule has 0 saturated carbocycles. The van der Waals surface area contributed by atoms with Crippen molar-refractivity contribution in [3.63, 3.8) is 0 Å². The van der Waals surface area contributed by atoms with Gasteiger partial charge in [-0.3, -0.25) is 0 Å². The number of ether oxygens (including phenoxy) is 5. The second-order valence-corrected chi connectivity index (χ2v) is 14.6. The second kappa shape index (κ2) is 10.3. The number of hydrogen-bond donors (Lipinski definition) is 0. The zero-order valence-corrected chi connectivity index (χ0v) is 23.4. The summed E-state index contributed by atoms with van der Waals surface area (Å²) in [5.41, 5.74) is 2.49. The zero-order chi connectivity index (χ0) is 26.0. The van der Waals surface area contributed by atoms with E-state index in [0.717, 1.165) is 16.8 Å². The van der Waals surface area contributed by atoms with E-state index in [4.69, 9.17) is 32.9 Å². The van der Waals surface area contributed by atoms with Gasteiger partial charge in [0.2, 0.25) is 5.75 Å². The molecule has 2 aromatic carbocycles. The van der Waals surface area contributed by atoms with Crippen LogP contribution in [0.15, 0.2) is 29.4 Å². The van der Waals surface area contributed by atoms with E-state index < -0.39 is 8.32 Å². The highest BCUT2D eigenvalue weighted by Gasteiger charge is 2.40. The van der Waals surface area contributed by atoms with Crippen molar-refractivity contribution in [1.29, 1.82) is 0 Å². The summed E-state index contributed by atoms with van der Waals surface area (Å²) in [4.78, 5) is 5.84. The average Bonchev–Trinajstić information content (AvgIpc) is 3.32. The lowest BCUT2D eigenvalue weighted by Gasteiger charge is -2.37. The number of methoxy groups -OCH3 is 5. The van der Waals surface area contributed by atoms with Crippen LogP contribution in [0.2, 0.25) is 18.1 Å². The van der Waals surface area contributed by atoms with Crippen molar-refractivity contribution in [2.45, 2.75) is 51.4 Å². The van der Waals surface area contributed by atoms with E-state index in [1.165, 1.54) is 0 Å².